The first-order valence-electron chi connectivity index (χ1n) is 5.67. The van der Waals surface area contributed by atoms with Crippen LogP contribution in [0.4, 0.5) is 0 Å². The van der Waals surface area contributed by atoms with Crippen LogP contribution < -0.4 is 5.32 Å². The molecule has 0 spiro atoms. The van der Waals surface area contributed by atoms with E-state index in [0.717, 1.165) is 18.8 Å². The predicted molar refractivity (Wildman–Crippen MR) is 56.3 cm³/mol. The third kappa shape index (κ3) is 3.29. The van der Waals surface area contributed by atoms with Gasteiger partial charge < -0.3 is 10.4 Å². The summed E-state index contributed by atoms with van der Waals surface area (Å²) in [6.45, 7) is 4.20. The molecule has 3 heteroatoms. The quantitative estimate of drug-likeness (QED) is 0.659. The Hall–Kier alpha value is -0.570. The second-order valence-corrected chi connectivity index (χ2v) is 4.24. The van der Waals surface area contributed by atoms with Gasteiger partial charge in [0.2, 0.25) is 0 Å². The van der Waals surface area contributed by atoms with Crippen molar-refractivity contribution >= 4 is 5.97 Å². The molecule has 14 heavy (non-hydrogen) atoms. The standard InChI is InChI=1S/C11H21NO2/c1-3-5-8-7-10(8)12-9(6-4-2)11(13)14/h8-10,12H,3-7H2,1-2H3,(H,13,14). The SMILES string of the molecule is CCCC(NC1CC1CCC)C(=O)O. The van der Waals surface area contributed by atoms with Gasteiger partial charge in [-0.1, -0.05) is 26.7 Å². The van der Waals surface area contributed by atoms with Crippen LogP contribution in [0, 0.1) is 5.92 Å². The van der Waals surface area contributed by atoms with Crippen molar-refractivity contribution < 1.29 is 9.90 Å². The van der Waals surface area contributed by atoms with Gasteiger partial charge in [0.15, 0.2) is 0 Å². The van der Waals surface area contributed by atoms with E-state index in [4.69, 9.17) is 5.11 Å². The van der Waals surface area contributed by atoms with Crippen molar-refractivity contribution in [2.45, 2.75) is 58.0 Å². The molecule has 1 aliphatic carbocycles. The molecule has 1 fully saturated rings. The van der Waals surface area contributed by atoms with Crippen molar-refractivity contribution in [2.75, 3.05) is 0 Å². The molecule has 82 valence electrons. The first kappa shape index (κ1) is 11.5. The summed E-state index contributed by atoms with van der Waals surface area (Å²) in [6.07, 6.45) is 5.27. The monoisotopic (exact) mass is 199 g/mol. The fraction of sp³-hybridized carbons (Fsp3) is 0.909. The Labute approximate surface area is 85.9 Å². The summed E-state index contributed by atoms with van der Waals surface area (Å²) < 4.78 is 0. The summed E-state index contributed by atoms with van der Waals surface area (Å²) in [7, 11) is 0. The highest BCUT2D eigenvalue weighted by Crippen LogP contribution is 2.35. The molecule has 1 aliphatic rings. The molecule has 3 unspecified atom stereocenters. The van der Waals surface area contributed by atoms with E-state index in [1.165, 1.54) is 19.3 Å². The average molecular weight is 199 g/mol. The van der Waals surface area contributed by atoms with Gasteiger partial charge in [0.05, 0.1) is 0 Å². The molecule has 3 atom stereocenters. The lowest BCUT2D eigenvalue weighted by Crippen LogP contribution is -2.38. The molecule has 0 aromatic rings. The molecule has 2 N–H and O–H groups in total. The maximum absolute atomic E-state index is 10.9. The highest BCUT2D eigenvalue weighted by Gasteiger charge is 2.38. The van der Waals surface area contributed by atoms with Crippen molar-refractivity contribution in [1.82, 2.24) is 5.32 Å². The van der Waals surface area contributed by atoms with Gasteiger partial charge >= 0.3 is 5.97 Å². The molecule has 1 rings (SSSR count). The zero-order valence-corrected chi connectivity index (χ0v) is 9.12. The number of nitrogens with one attached hydrogen (secondary N) is 1. The molecule has 0 aliphatic heterocycles. The third-order valence-electron chi connectivity index (χ3n) is 2.87. The third-order valence-corrected chi connectivity index (χ3v) is 2.87. The minimum atomic E-state index is -0.700. The Balaban J connectivity index is 2.24. The fourth-order valence-electron chi connectivity index (χ4n) is 1.97. The summed E-state index contributed by atoms with van der Waals surface area (Å²) in [5, 5.41) is 12.2. The van der Waals surface area contributed by atoms with E-state index < -0.39 is 5.97 Å². The number of hydrogen-bond donors (Lipinski definition) is 2. The first-order chi connectivity index (χ1) is 6.69. The summed E-state index contributed by atoms with van der Waals surface area (Å²) in [5.41, 5.74) is 0. The molecule has 0 bridgehead atoms. The number of hydrogen-bond acceptors (Lipinski definition) is 2. The summed E-state index contributed by atoms with van der Waals surface area (Å²) in [6, 6.07) is 0.148. The zero-order valence-electron chi connectivity index (χ0n) is 9.12. The fourth-order valence-corrected chi connectivity index (χ4v) is 1.97. The van der Waals surface area contributed by atoms with Crippen LogP contribution >= 0.6 is 0 Å². The maximum atomic E-state index is 10.9. The highest BCUT2D eigenvalue weighted by molar-refractivity contribution is 5.73. The lowest BCUT2D eigenvalue weighted by Gasteiger charge is -2.12. The predicted octanol–water partition coefficient (Wildman–Crippen LogP) is 2.02. The average Bonchev–Trinajstić information content (AvgIpc) is 2.83. The molecule has 0 aromatic heterocycles. The molecule has 3 nitrogen and oxygen atoms in total. The smallest absolute Gasteiger partial charge is 0.320 e. The summed E-state index contributed by atoms with van der Waals surface area (Å²) >= 11 is 0. The second kappa shape index (κ2) is 5.35. The molecule has 0 amide bonds. The summed E-state index contributed by atoms with van der Waals surface area (Å²) in [4.78, 5) is 10.9. The van der Waals surface area contributed by atoms with Gasteiger partial charge in [0.1, 0.15) is 6.04 Å². The lowest BCUT2D eigenvalue weighted by molar-refractivity contribution is -0.139. The van der Waals surface area contributed by atoms with Gasteiger partial charge in [-0.05, 0) is 25.2 Å². The van der Waals surface area contributed by atoms with Gasteiger partial charge in [-0.15, -0.1) is 0 Å². The van der Waals surface area contributed by atoms with Crippen LogP contribution in [0.3, 0.4) is 0 Å². The minimum Gasteiger partial charge on any atom is -0.480 e. The Bertz CT molecular complexity index is 194. The number of carboxylic acid groups (broad SMARTS) is 1. The number of carboxylic acids is 1. The van der Waals surface area contributed by atoms with Crippen LogP contribution in [0.1, 0.15) is 46.0 Å². The van der Waals surface area contributed by atoms with Crippen LogP contribution in [0.25, 0.3) is 0 Å². The topological polar surface area (TPSA) is 49.3 Å². The Kier molecular flexibility index (Phi) is 4.39. The van der Waals surface area contributed by atoms with Crippen LogP contribution in [0.5, 0.6) is 0 Å². The molecule has 0 heterocycles. The van der Waals surface area contributed by atoms with Crippen LogP contribution in [-0.2, 0) is 4.79 Å². The van der Waals surface area contributed by atoms with Crippen LogP contribution in [0.2, 0.25) is 0 Å². The van der Waals surface area contributed by atoms with Crippen molar-refractivity contribution in [3.8, 4) is 0 Å². The maximum Gasteiger partial charge on any atom is 0.320 e. The van der Waals surface area contributed by atoms with Crippen LogP contribution in [0.15, 0.2) is 0 Å². The van der Waals surface area contributed by atoms with E-state index in [1.807, 2.05) is 6.92 Å². The van der Waals surface area contributed by atoms with Gasteiger partial charge in [-0.3, -0.25) is 4.79 Å². The van der Waals surface area contributed by atoms with Crippen molar-refractivity contribution in [1.29, 1.82) is 0 Å². The van der Waals surface area contributed by atoms with Gasteiger partial charge in [0.25, 0.3) is 0 Å². The van der Waals surface area contributed by atoms with Crippen LogP contribution in [-0.4, -0.2) is 23.2 Å². The van der Waals surface area contributed by atoms with Crippen molar-refractivity contribution in [3.63, 3.8) is 0 Å². The second-order valence-electron chi connectivity index (χ2n) is 4.24. The van der Waals surface area contributed by atoms with E-state index >= 15 is 0 Å². The molecular formula is C11H21NO2. The Morgan fingerprint density at radius 2 is 2.21 bits per heavy atom. The Morgan fingerprint density at radius 3 is 2.71 bits per heavy atom. The van der Waals surface area contributed by atoms with Crippen molar-refractivity contribution in [3.05, 3.63) is 0 Å². The number of aliphatic carboxylic acids is 1. The molecule has 0 radical (unpaired) electrons. The van der Waals surface area contributed by atoms with Gasteiger partial charge in [-0.25, -0.2) is 0 Å². The van der Waals surface area contributed by atoms with Gasteiger partial charge in [-0.2, -0.15) is 0 Å². The summed E-state index contributed by atoms with van der Waals surface area (Å²) in [5.74, 6) is 0.0349. The largest absolute Gasteiger partial charge is 0.480 e. The molecule has 1 saturated carbocycles. The van der Waals surface area contributed by atoms with E-state index in [2.05, 4.69) is 12.2 Å². The highest BCUT2D eigenvalue weighted by atomic mass is 16.4. The molecule has 0 saturated heterocycles. The molecular weight excluding hydrogens is 178 g/mol. The lowest BCUT2D eigenvalue weighted by atomic mass is 10.1. The minimum absolute atomic E-state index is 0.327. The van der Waals surface area contributed by atoms with Gasteiger partial charge in [0, 0.05) is 6.04 Å². The Morgan fingerprint density at radius 1 is 1.50 bits per heavy atom. The zero-order chi connectivity index (χ0) is 10.6. The van der Waals surface area contributed by atoms with E-state index in [1.54, 1.807) is 0 Å². The van der Waals surface area contributed by atoms with Crippen molar-refractivity contribution in [2.24, 2.45) is 5.92 Å². The molecule has 0 aromatic carbocycles. The number of carbonyl (C=O) groups is 1. The normalized spacial score (nSPS) is 27.3. The first-order valence-corrected chi connectivity index (χ1v) is 5.67. The van der Waals surface area contributed by atoms with E-state index in [9.17, 15) is 4.79 Å². The van der Waals surface area contributed by atoms with E-state index in [-0.39, 0.29) is 6.04 Å². The van der Waals surface area contributed by atoms with E-state index in [0.29, 0.717) is 6.04 Å². The number of rotatable bonds is 7.